The van der Waals surface area contributed by atoms with Gasteiger partial charge in [0.25, 0.3) is 0 Å². The van der Waals surface area contributed by atoms with Gasteiger partial charge in [-0.2, -0.15) is 11.8 Å². The number of ether oxygens (including phenoxy) is 3. The number of carbonyl (C=O) groups is 9. The summed E-state index contributed by atoms with van der Waals surface area (Å²) < 4.78 is 18.6. The van der Waals surface area contributed by atoms with Crippen LogP contribution in [0.25, 0.3) is 0 Å². The van der Waals surface area contributed by atoms with Gasteiger partial charge in [0, 0.05) is 113 Å². The summed E-state index contributed by atoms with van der Waals surface area (Å²) >= 11 is 1.88. The lowest BCUT2D eigenvalue weighted by Gasteiger charge is -2.27. The monoisotopic (exact) mass is 1210 g/mol. The number of hydrogen-bond donors (Lipinski definition) is 10. The van der Waals surface area contributed by atoms with Crippen LogP contribution in [0.5, 0.6) is 0 Å². The zero-order chi connectivity index (χ0) is 60.9. The minimum Gasteiger partial charge on any atom is -0.393 e. The van der Waals surface area contributed by atoms with Gasteiger partial charge in [-0.3, -0.25) is 48.0 Å². The van der Waals surface area contributed by atoms with Crippen LogP contribution in [-0.4, -0.2) is 210 Å². The van der Waals surface area contributed by atoms with E-state index >= 15 is 0 Å². The molecule has 85 heavy (non-hydrogen) atoms. The van der Waals surface area contributed by atoms with Crippen molar-refractivity contribution >= 4 is 71.0 Å². The Bertz CT molecular complexity index is 2430. The molecule has 2 bridgehead atoms. The Kier molecular flexibility index (Phi) is 29.6. The number of nitrogens with zero attached hydrogens (tertiary/aromatic N) is 5. The van der Waals surface area contributed by atoms with Crippen LogP contribution in [0, 0.1) is 11.8 Å². The lowest BCUT2D eigenvalue weighted by atomic mass is 9.91. The van der Waals surface area contributed by atoms with Gasteiger partial charge in [-0.05, 0) is 84.1 Å². The number of thioether (sulfide) groups is 1. The molecule has 2 unspecified atom stereocenters. The van der Waals surface area contributed by atoms with E-state index in [4.69, 9.17) is 25.7 Å². The number of rotatable bonds is 27. The van der Waals surface area contributed by atoms with Crippen molar-refractivity contribution in [2.45, 2.75) is 183 Å². The zero-order valence-corrected chi connectivity index (χ0v) is 50.1. The molecule has 0 aromatic carbocycles. The Morgan fingerprint density at radius 2 is 1.52 bits per heavy atom. The number of Topliss-reactive ketones (excluding diaryl/α,β-unsaturated/α-hetero) is 2. The van der Waals surface area contributed by atoms with Crippen LogP contribution in [-0.2, 0) is 65.5 Å². The van der Waals surface area contributed by atoms with Gasteiger partial charge in [0.2, 0.25) is 35.4 Å². The Labute approximate surface area is 501 Å². The van der Waals surface area contributed by atoms with Gasteiger partial charge in [-0.25, -0.2) is 4.79 Å². The van der Waals surface area contributed by atoms with Crippen molar-refractivity contribution in [3.05, 3.63) is 23.7 Å². The molecule has 10 atom stereocenters. The number of aliphatic hydroxyl groups is 1. The van der Waals surface area contributed by atoms with Gasteiger partial charge in [0.05, 0.1) is 74.9 Å². The maximum atomic E-state index is 14.1. The first kappa shape index (κ1) is 68.2. The van der Waals surface area contributed by atoms with Gasteiger partial charge in [0.1, 0.15) is 12.1 Å². The van der Waals surface area contributed by atoms with E-state index in [9.17, 15) is 48.3 Å². The van der Waals surface area contributed by atoms with Crippen LogP contribution in [0.1, 0.15) is 128 Å². The number of nitrogens with two attached hydrogens (primary N) is 2. The summed E-state index contributed by atoms with van der Waals surface area (Å²) in [6, 6.07) is -4.04. The molecule has 0 aliphatic carbocycles. The average Bonchev–Trinajstić information content (AvgIpc) is 4.14. The molecule has 0 spiro atoms. The number of aliphatic imine (C=N–C) groups is 1. The third-order valence-electron chi connectivity index (χ3n) is 15.9. The predicted octanol–water partition coefficient (Wildman–Crippen LogP) is -0.394. The normalized spacial score (nSPS) is 26.1. The minimum atomic E-state index is -1.30. The molecule has 6 rings (SSSR count). The zero-order valence-electron chi connectivity index (χ0n) is 49.3. The standard InChI is InChI=1S/C57H92N14O13S/c1-37(72)41-33-47(73)42(59)31-40-35-70(69-68-40)22-7-5-12-38(53(77)62-21-11-25-83-27-29-84-28-26-82-24-10-20-61-50(75)17-3-2-16-49-52-45(36-85-49)66-57(81)67-52)30-48(74)46-15-9-23-71(46)51(76)34-63-55(79)44(32-39-13-8-19-60-39)65-56(80)43(64-54(41)78)14-4-6-18-58/h13,19,35,37-38,41-46,49,52,72H,2-12,14-18,20-34,36,58-59H2,1H3,(H,61,75)(H,62,77)(H,63,79)(H,64,78)(H,65,80)(H2,66,67,81)/t37-,38+,41-,42-,43-,44-,45+,46?,49?,52+/m0/s1. The minimum absolute atomic E-state index is 0.00143. The molecule has 6 heterocycles. The molecule has 474 valence electrons. The molecule has 8 amide bonds. The number of unbranched alkanes of at least 4 members (excludes halogenated alkanes) is 2. The number of nitrogens with one attached hydrogen (secondary N) is 7. The van der Waals surface area contributed by atoms with Gasteiger partial charge in [-0.15, -0.1) is 5.10 Å². The number of fused-ring (bicyclic) bond motifs is 4. The molecule has 1 aromatic heterocycles. The summed E-state index contributed by atoms with van der Waals surface area (Å²) in [6.07, 6.45) is 11.6. The summed E-state index contributed by atoms with van der Waals surface area (Å²) in [5.41, 5.74) is 13.0. The van der Waals surface area contributed by atoms with Crippen molar-refractivity contribution < 1.29 is 62.5 Å². The molecular weight excluding hydrogens is 1120 g/mol. The molecule has 12 N–H and O–H groups in total. The largest absolute Gasteiger partial charge is 0.393 e. The van der Waals surface area contributed by atoms with Gasteiger partial charge < -0.3 is 72.9 Å². The second-order valence-electron chi connectivity index (χ2n) is 22.5. The summed E-state index contributed by atoms with van der Waals surface area (Å²) in [5.74, 6) is -4.80. The fourth-order valence-corrected chi connectivity index (χ4v) is 12.5. The Balaban J connectivity index is 0.951. The lowest BCUT2D eigenvalue weighted by Crippen LogP contribution is -2.56. The fraction of sp³-hybridized carbons (Fsp3) is 0.754. The number of aryl methyl sites for hydroxylation is 1. The highest BCUT2D eigenvalue weighted by Crippen LogP contribution is 2.33. The number of hydrogen-bond acceptors (Lipinski definition) is 19. The topological polar surface area (TPSA) is 384 Å². The lowest BCUT2D eigenvalue weighted by molar-refractivity contribution is -0.139. The van der Waals surface area contributed by atoms with Crippen LogP contribution in [0.15, 0.2) is 23.0 Å². The van der Waals surface area contributed by atoms with Crippen LogP contribution >= 0.6 is 11.8 Å². The number of carbonyl (C=O) groups excluding carboxylic acids is 9. The number of ketones is 2. The van der Waals surface area contributed by atoms with Crippen molar-refractivity contribution in [2.75, 3.05) is 78.1 Å². The van der Waals surface area contributed by atoms with E-state index in [1.165, 1.54) is 11.8 Å². The molecular formula is C57H92N14O13S. The van der Waals surface area contributed by atoms with Crippen molar-refractivity contribution in [3.63, 3.8) is 0 Å². The van der Waals surface area contributed by atoms with Gasteiger partial charge in [0.15, 0.2) is 11.6 Å². The number of aliphatic hydroxyl groups excluding tert-OH is 1. The number of aromatic nitrogens is 3. The van der Waals surface area contributed by atoms with E-state index in [0.29, 0.717) is 153 Å². The van der Waals surface area contributed by atoms with E-state index in [1.807, 2.05) is 11.8 Å². The van der Waals surface area contributed by atoms with E-state index in [-0.39, 0.29) is 67.9 Å². The SMILES string of the molecule is C[C@H](O)[C@@H]1CC(=O)[C@@H](N)Cc2cn(nn2)CCCC[C@@H](C(=O)NCCCOCCOCCOCCCNC(=O)CCCCC2SC[C@H]3NC(=O)N[C@@H]23)CC(=O)C2CCCN2C(=O)CNC(=O)[C@H](CC2=CCC=N2)NC(=O)[C@H](CCCCN)NC1=O. The van der Waals surface area contributed by atoms with Crippen LogP contribution in [0.3, 0.4) is 0 Å². The number of urea groups is 1. The fourth-order valence-electron chi connectivity index (χ4n) is 11.0. The van der Waals surface area contributed by atoms with Crippen molar-refractivity contribution in [2.24, 2.45) is 28.3 Å². The van der Waals surface area contributed by atoms with Crippen LogP contribution in [0.2, 0.25) is 0 Å². The molecule has 3 saturated heterocycles. The molecule has 5 aliphatic heterocycles. The summed E-state index contributed by atoms with van der Waals surface area (Å²) in [5, 5.41) is 39.5. The van der Waals surface area contributed by atoms with E-state index in [0.717, 1.165) is 25.0 Å². The second kappa shape index (κ2) is 36.9. The third-order valence-corrected chi connectivity index (χ3v) is 17.4. The van der Waals surface area contributed by atoms with Crippen molar-refractivity contribution in [1.82, 2.24) is 57.1 Å². The molecule has 28 heteroatoms. The first-order valence-electron chi connectivity index (χ1n) is 30.5. The second-order valence-corrected chi connectivity index (χ2v) is 23.8. The molecule has 27 nitrogen and oxygen atoms in total. The van der Waals surface area contributed by atoms with Crippen molar-refractivity contribution in [1.29, 1.82) is 0 Å². The van der Waals surface area contributed by atoms with E-state index in [1.54, 1.807) is 23.2 Å². The molecule has 0 saturated carbocycles. The van der Waals surface area contributed by atoms with E-state index in [2.05, 4.69) is 52.5 Å². The quantitative estimate of drug-likeness (QED) is 0.0396. The summed E-state index contributed by atoms with van der Waals surface area (Å²) in [7, 11) is 0. The van der Waals surface area contributed by atoms with Crippen LogP contribution in [0.4, 0.5) is 4.79 Å². The Morgan fingerprint density at radius 3 is 2.25 bits per heavy atom. The van der Waals surface area contributed by atoms with E-state index < -0.39 is 84.5 Å². The summed E-state index contributed by atoms with van der Waals surface area (Å²) in [4.78, 5) is 127. The highest BCUT2D eigenvalue weighted by molar-refractivity contribution is 8.00. The number of amides is 8. The predicted molar refractivity (Wildman–Crippen MR) is 315 cm³/mol. The van der Waals surface area contributed by atoms with Gasteiger partial charge >= 0.3 is 6.03 Å². The Morgan fingerprint density at radius 1 is 0.788 bits per heavy atom. The molecule has 0 radical (unpaired) electrons. The summed E-state index contributed by atoms with van der Waals surface area (Å²) in [6.45, 7) is 5.04. The molecule has 3 fully saturated rings. The first-order chi connectivity index (χ1) is 41.1. The molecule has 1 aromatic rings. The highest BCUT2D eigenvalue weighted by Gasteiger charge is 2.43. The first-order valence-corrected chi connectivity index (χ1v) is 31.6. The number of allylic oxidation sites excluding steroid dienone is 1. The smallest absolute Gasteiger partial charge is 0.315 e. The maximum Gasteiger partial charge on any atom is 0.315 e. The average molecular weight is 1210 g/mol. The highest BCUT2D eigenvalue weighted by atomic mass is 32.2. The Hall–Kier alpha value is -5.91. The van der Waals surface area contributed by atoms with Gasteiger partial charge in [-0.1, -0.05) is 24.1 Å². The van der Waals surface area contributed by atoms with Crippen molar-refractivity contribution in [3.8, 4) is 0 Å². The maximum absolute atomic E-state index is 14.1. The van der Waals surface area contributed by atoms with Crippen LogP contribution < -0.4 is 48.7 Å². The third kappa shape index (κ3) is 23.4. The molecule has 5 aliphatic rings.